The second kappa shape index (κ2) is 8.13. The second-order valence-electron chi connectivity index (χ2n) is 5.64. The summed E-state index contributed by atoms with van der Waals surface area (Å²) in [6.45, 7) is 3.71. The van der Waals surface area contributed by atoms with Gasteiger partial charge in [0.1, 0.15) is 5.75 Å². The Bertz CT molecular complexity index is 815. The summed E-state index contributed by atoms with van der Waals surface area (Å²) < 4.78 is 32.1. The molecule has 0 spiro atoms. The highest BCUT2D eigenvalue weighted by Crippen LogP contribution is 2.17. The van der Waals surface area contributed by atoms with Gasteiger partial charge in [-0.05, 0) is 61.9 Å². The minimum absolute atomic E-state index is 0.139. The Hall–Kier alpha value is -2.38. The molecule has 2 aromatic rings. The van der Waals surface area contributed by atoms with E-state index in [1.165, 1.54) is 12.1 Å². The number of hydrogen-bond donors (Lipinski definition) is 2. The zero-order valence-corrected chi connectivity index (χ0v) is 15.3. The molecule has 0 saturated carbocycles. The summed E-state index contributed by atoms with van der Waals surface area (Å²) in [5, 5.41) is 2.73. The lowest BCUT2D eigenvalue weighted by Crippen LogP contribution is -2.31. The summed E-state index contributed by atoms with van der Waals surface area (Å²) in [6, 6.07) is 12.6. The van der Waals surface area contributed by atoms with Gasteiger partial charge in [-0.15, -0.1) is 0 Å². The van der Waals surface area contributed by atoms with Crippen LogP contribution in [0, 0.1) is 0 Å². The first-order valence-corrected chi connectivity index (χ1v) is 9.42. The maximum atomic E-state index is 12.2. The monoisotopic (exact) mass is 362 g/mol. The van der Waals surface area contributed by atoms with Crippen molar-refractivity contribution in [1.29, 1.82) is 0 Å². The van der Waals surface area contributed by atoms with Crippen molar-refractivity contribution in [1.82, 2.24) is 4.72 Å². The Morgan fingerprint density at radius 3 is 2.20 bits per heavy atom. The molecule has 0 fully saturated rings. The van der Waals surface area contributed by atoms with E-state index in [-0.39, 0.29) is 16.8 Å². The summed E-state index contributed by atoms with van der Waals surface area (Å²) in [4.78, 5) is 12.4. The molecule has 0 bridgehead atoms. The SMILES string of the molecule is CC[C@@H](C)NS(=O)(=O)c1ccc(NC(=O)c2ccc(OC)cc2)cc1. The van der Waals surface area contributed by atoms with Crippen LogP contribution in [0.3, 0.4) is 0 Å². The van der Waals surface area contributed by atoms with E-state index in [4.69, 9.17) is 4.74 Å². The normalized spacial score (nSPS) is 12.4. The Morgan fingerprint density at radius 1 is 1.08 bits per heavy atom. The average molecular weight is 362 g/mol. The number of anilines is 1. The molecule has 0 unspecified atom stereocenters. The van der Waals surface area contributed by atoms with Crippen LogP contribution >= 0.6 is 0 Å². The van der Waals surface area contributed by atoms with E-state index >= 15 is 0 Å². The number of amides is 1. The van der Waals surface area contributed by atoms with Crippen molar-refractivity contribution in [2.75, 3.05) is 12.4 Å². The molecule has 0 heterocycles. The fourth-order valence-corrected chi connectivity index (χ4v) is 3.41. The standard InChI is InChI=1S/C18H22N2O4S/c1-4-13(2)20-25(22,23)17-11-7-15(8-12-17)19-18(21)14-5-9-16(24-3)10-6-14/h5-13,20H,4H2,1-3H3,(H,19,21)/t13-/m1/s1. The number of ether oxygens (including phenoxy) is 1. The lowest BCUT2D eigenvalue weighted by Gasteiger charge is -2.12. The van der Waals surface area contributed by atoms with E-state index < -0.39 is 10.0 Å². The predicted octanol–water partition coefficient (Wildman–Crippen LogP) is 3.02. The lowest BCUT2D eigenvalue weighted by molar-refractivity contribution is 0.102. The minimum Gasteiger partial charge on any atom is -0.497 e. The molecule has 0 aliphatic rings. The van der Waals surface area contributed by atoms with E-state index in [1.54, 1.807) is 50.4 Å². The quantitative estimate of drug-likeness (QED) is 0.793. The molecular formula is C18H22N2O4S. The number of carbonyl (C=O) groups is 1. The van der Waals surface area contributed by atoms with Crippen LogP contribution in [0.15, 0.2) is 53.4 Å². The number of hydrogen-bond acceptors (Lipinski definition) is 4. The van der Waals surface area contributed by atoms with Gasteiger partial charge in [-0.1, -0.05) is 6.92 Å². The van der Waals surface area contributed by atoms with Crippen LogP contribution in [0.4, 0.5) is 5.69 Å². The topological polar surface area (TPSA) is 84.5 Å². The van der Waals surface area contributed by atoms with Crippen molar-refractivity contribution in [2.45, 2.75) is 31.2 Å². The van der Waals surface area contributed by atoms with E-state index in [9.17, 15) is 13.2 Å². The van der Waals surface area contributed by atoms with Crippen molar-refractivity contribution in [3.8, 4) is 5.75 Å². The van der Waals surface area contributed by atoms with Crippen molar-refractivity contribution in [3.05, 3.63) is 54.1 Å². The molecule has 1 amide bonds. The lowest BCUT2D eigenvalue weighted by atomic mass is 10.2. The Morgan fingerprint density at radius 2 is 1.68 bits per heavy atom. The van der Waals surface area contributed by atoms with Gasteiger partial charge < -0.3 is 10.1 Å². The predicted molar refractivity (Wildman–Crippen MR) is 97.5 cm³/mol. The first-order valence-electron chi connectivity index (χ1n) is 7.93. The van der Waals surface area contributed by atoms with Crippen LogP contribution in [0.5, 0.6) is 5.75 Å². The first-order chi connectivity index (χ1) is 11.9. The Kier molecular flexibility index (Phi) is 6.17. The highest BCUT2D eigenvalue weighted by molar-refractivity contribution is 7.89. The molecule has 2 aromatic carbocycles. The van der Waals surface area contributed by atoms with Crippen molar-refractivity contribution >= 4 is 21.6 Å². The van der Waals surface area contributed by atoms with Gasteiger partial charge in [0.05, 0.1) is 12.0 Å². The van der Waals surface area contributed by atoms with Crippen LogP contribution in [-0.4, -0.2) is 27.5 Å². The van der Waals surface area contributed by atoms with Gasteiger partial charge in [0.2, 0.25) is 10.0 Å². The second-order valence-corrected chi connectivity index (χ2v) is 7.35. The molecular weight excluding hydrogens is 340 g/mol. The molecule has 2 rings (SSSR count). The number of methoxy groups -OCH3 is 1. The molecule has 6 nitrogen and oxygen atoms in total. The van der Waals surface area contributed by atoms with Crippen molar-refractivity contribution in [2.24, 2.45) is 0 Å². The van der Waals surface area contributed by atoms with Gasteiger partial charge >= 0.3 is 0 Å². The van der Waals surface area contributed by atoms with Crippen LogP contribution < -0.4 is 14.8 Å². The Balaban J connectivity index is 2.08. The molecule has 25 heavy (non-hydrogen) atoms. The largest absolute Gasteiger partial charge is 0.497 e. The number of rotatable bonds is 7. The van der Waals surface area contributed by atoms with Crippen LogP contribution in [0.2, 0.25) is 0 Å². The van der Waals surface area contributed by atoms with Crippen molar-refractivity contribution < 1.29 is 17.9 Å². The highest BCUT2D eigenvalue weighted by atomic mass is 32.2. The minimum atomic E-state index is -3.55. The summed E-state index contributed by atoms with van der Waals surface area (Å²) in [5.74, 6) is 0.385. The van der Waals surface area contributed by atoms with E-state index in [0.717, 1.165) is 0 Å². The molecule has 0 aliphatic heterocycles. The van der Waals surface area contributed by atoms with Gasteiger partial charge in [0.15, 0.2) is 0 Å². The van der Waals surface area contributed by atoms with Crippen LogP contribution in [0.1, 0.15) is 30.6 Å². The highest BCUT2D eigenvalue weighted by Gasteiger charge is 2.16. The zero-order valence-electron chi connectivity index (χ0n) is 14.4. The molecule has 7 heteroatoms. The van der Waals surface area contributed by atoms with E-state index in [0.29, 0.717) is 23.4 Å². The van der Waals surface area contributed by atoms with Crippen LogP contribution in [0.25, 0.3) is 0 Å². The molecule has 0 aliphatic carbocycles. The van der Waals surface area contributed by atoms with Gasteiger partial charge in [-0.3, -0.25) is 4.79 Å². The Labute approximate surface area is 148 Å². The van der Waals surface area contributed by atoms with E-state index in [2.05, 4.69) is 10.0 Å². The number of carbonyl (C=O) groups excluding carboxylic acids is 1. The van der Waals surface area contributed by atoms with Gasteiger partial charge in [0.25, 0.3) is 5.91 Å². The summed E-state index contributed by atoms with van der Waals surface area (Å²) in [6.07, 6.45) is 0.704. The summed E-state index contributed by atoms with van der Waals surface area (Å²) in [7, 11) is -2.00. The number of benzene rings is 2. The third-order valence-electron chi connectivity index (χ3n) is 3.74. The summed E-state index contributed by atoms with van der Waals surface area (Å²) >= 11 is 0. The smallest absolute Gasteiger partial charge is 0.255 e. The first kappa shape index (κ1) is 19.0. The average Bonchev–Trinajstić information content (AvgIpc) is 2.61. The third-order valence-corrected chi connectivity index (χ3v) is 5.35. The fourth-order valence-electron chi connectivity index (χ4n) is 2.08. The third kappa shape index (κ3) is 5.04. The maximum Gasteiger partial charge on any atom is 0.255 e. The molecule has 1 atom stereocenters. The zero-order chi connectivity index (χ0) is 18.4. The van der Waals surface area contributed by atoms with Gasteiger partial charge in [-0.2, -0.15) is 0 Å². The molecule has 2 N–H and O–H groups in total. The number of sulfonamides is 1. The molecule has 0 saturated heterocycles. The number of nitrogens with one attached hydrogen (secondary N) is 2. The van der Waals surface area contributed by atoms with Crippen LogP contribution in [-0.2, 0) is 10.0 Å². The molecule has 0 aromatic heterocycles. The van der Waals surface area contributed by atoms with Crippen molar-refractivity contribution in [3.63, 3.8) is 0 Å². The van der Waals surface area contributed by atoms with Gasteiger partial charge in [0, 0.05) is 17.3 Å². The maximum absolute atomic E-state index is 12.2. The van der Waals surface area contributed by atoms with E-state index in [1.807, 2.05) is 6.92 Å². The summed E-state index contributed by atoms with van der Waals surface area (Å²) in [5.41, 5.74) is 0.999. The molecule has 134 valence electrons. The molecule has 0 radical (unpaired) electrons. The fraction of sp³-hybridized carbons (Fsp3) is 0.278. The van der Waals surface area contributed by atoms with Gasteiger partial charge in [-0.25, -0.2) is 13.1 Å².